The molecule has 0 aromatic heterocycles. The number of nitrogens with zero attached hydrogens (tertiary/aromatic N) is 1. The molecule has 6 heteroatoms. The number of hydrogen-bond donors (Lipinski definition) is 1. The van der Waals surface area contributed by atoms with Crippen LogP contribution in [0.1, 0.15) is 19.8 Å². The van der Waals surface area contributed by atoms with E-state index in [9.17, 15) is 18.0 Å². The zero-order valence-electron chi connectivity index (χ0n) is 8.55. The van der Waals surface area contributed by atoms with E-state index in [-0.39, 0.29) is 12.0 Å². The van der Waals surface area contributed by atoms with Crippen LogP contribution in [0.15, 0.2) is 0 Å². The fourth-order valence-corrected chi connectivity index (χ4v) is 1.73. The predicted octanol–water partition coefficient (Wildman–Crippen LogP) is 1.13. The summed E-state index contributed by atoms with van der Waals surface area (Å²) in [4.78, 5) is 12.4. The molecule has 1 fully saturated rings. The van der Waals surface area contributed by atoms with Gasteiger partial charge in [0.25, 0.3) is 0 Å². The van der Waals surface area contributed by atoms with Gasteiger partial charge in [-0.15, -0.1) is 0 Å². The van der Waals surface area contributed by atoms with Crippen LogP contribution in [-0.2, 0) is 4.79 Å². The fourth-order valence-electron chi connectivity index (χ4n) is 1.73. The molecule has 2 N–H and O–H groups in total. The highest BCUT2D eigenvalue weighted by Gasteiger charge is 2.36. The summed E-state index contributed by atoms with van der Waals surface area (Å²) in [6.45, 7) is 2.55. The van der Waals surface area contributed by atoms with Crippen LogP contribution < -0.4 is 5.73 Å². The van der Waals surface area contributed by atoms with Gasteiger partial charge in [0.2, 0.25) is 5.91 Å². The number of halogens is 3. The number of carbonyl (C=O) groups excluding carboxylic acids is 1. The lowest BCUT2D eigenvalue weighted by Gasteiger charge is -2.18. The first kappa shape index (κ1) is 12.3. The Kier molecular flexibility index (Phi) is 3.59. The van der Waals surface area contributed by atoms with Crippen molar-refractivity contribution in [3.05, 3.63) is 0 Å². The molecule has 1 amide bonds. The third kappa shape index (κ3) is 3.70. The van der Waals surface area contributed by atoms with E-state index in [0.29, 0.717) is 19.5 Å². The van der Waals surface area contributed by atoms with Gasteiger partial charge < -0.3 is 10.6 Å². The van der Waals surface area contributed by atoms with Crippen LogP contribution in [0.5, 0.6) is 0 Å². The minimum absolute atomic E-state index is 0.0753. The van der Waals surface area contributed by atoms with Gasteiger partial charge in [-0.25, -0.2) is 0 Å². The van der Waals surface area contributed by atoms with Crippen LogP contribution in [0.4, 0.5) is 13.2 Å². The molecule has 1 rings (SSSR count). The summed E-state index contributed by atoms with van der Waals surface area (Å²) in [6, 6.07) is -0.0753. The number of likely N-dealkylation sites (tertiary alicyclic amines) is 1. The average Bonchev–Trinajstić information content (AvgIpc) is 2.47. The number of carbonyl (C=O) groups is 1. The largest absolute Gasteiger partial charge is 0.397 e. The molecule has 0 aromatic carbocycles. The van der Waals surface area contributed by atoms with Crippen molar-refractivity contribution in [3.8, 4) is 0 Å². The first-order valence-electron chi connectivity index (χ1n) is 4.89. The monoisotopic (exact) mass is 224 g/mol. The molecule has 0 bridgehead atoms. The fraction of sp³-hybridized carbons (Fsp3) is 0.889. The smallest absolute Gasteiger partial charge is 0.342 e. The Morgan fingerprint density at radius 3 is 2.60 bits per heavy atom. The maximum absolute atomic E-state index is 11.9. The number of nitrogens with two attached hydrogens (primary N) is 1. The highest BCUT2D eigenvalue weighted by Crippen LogP contribution is 2.24. The highest BCUT2D eigenvalue weighted by atomic mass is 19.4. The average molecular weight is 224 g/mol. The van der Waals surface area contributed by atoms with Gasteiger partial charge in [-0.1, -0.05) is 0 Å². The van der Waals surface area contributed by atoms with Gasteiger partial charge in [0.1, 0.15) is 6.42 Å². The molecule has 0 radical (unpaired) electrons. The van der Waals surface area contributed by atoms with Crippen molar-refractivity contribution >= 4 is 5.91 Å². The van der Waals surface area contributed by atoms with Crippen LogP contribution in [0, 0.1) is 5.92 Å². The predicted molar refractivity (Wildman–Crippen MR) is 49.0 cm³/mol. The molecule has 2 atom stereocenters. The maximum atomic E-state index is 11.9. The Hall–Kier alpha value is -0.780. The number of amides is 1. The Labute approximate surface area is 86.4 Å². The van der Waals surface area contributed by atoms with E-state index < -0.39 is 18.5 Å². The van der Waals surface area contributed by atoms with Crippen LogP contribution >= 0.6 is 0 Å². The molecular formula is C9H15F3N2O. The van der Waals surface area contributed by atoms with E-state index in [4.69, 9.17) is 5.73 Å². The van der Waals surface area contributed by atoms with E-state index in [1.807, 2.05) is 6.92 Å². The molecular weight excluding hydrogens is 209 g/mol. The molecule has 1 aliphatic rings. The summed E-state index contributed by atoms with van der Waals surface area (Å²) in [5.41, 5.74) is 5.63. The summed E-state index contributed by atoms with van der Waals surface area (Å²) in [7, 11) is 0. The van der Waals surface area contributed by atoms with E-state index >= 15 is 0 Å². The Morgan fingerprint density at radius 2 is 2.20 bits per heavy atom. The number of hydrogen-bond acceptors (Lipinski definition) is 2. The summed E-state index contributed by atoms with van der Waals surface area (Å²) in [6.07, 6.45) is -5.08. The Morgan fingerprint density at radius 1 is 1.60 bits per heavy atom. The summed E-state index contributed by atoms with van der Waals surface area (Å²) < 4.78 is 35.8. The first-order valence-corrected chi connectivity index (χ1v) is 4.89. The molecule has 1 heterocycles. The third-order valence-corrected chi connectivity index (χ3v) is 2.67. The zero-order valence-corrected chi connectivity index (χ0v) is 8.55. The minimum atomic E-state index is -4.41. The SMILES string of the molecule is CC(N)C1CCN(C(=O)CC(F)(F)F)C1. The van der Waals surface area contributed by atoms with Crippen LogP contribution in [0.2, 0.25) is 0 Å². The molecule has 15 heavy (non-hydrogen) atoms. The molecule has 0 spiro atoms. The maximum Gasteiger partial charge on any atom is 0.397 e. The van der Waals surface area contributed by atoms with Gasteiger partial charge in [0.15, 0.2) is 0 Å². The lowest BCUT2D eigenvalue weighted by Crippen LogP contribution is -2.35. The van der Waals surface area contributed by atoms with Crippen molar-refractivity contribution in [1.82, 2.24) is 4.90 Å². The number of alkyl halides is 3. The van der Waals surface area contributed by atoms with Gasteiger partial charge in [0.05, 0.1) is 0 Å². The van der Waals surface area contributed by atoms with Crippen molar-refractivity contribution in [2.75, 3.05) is 13.1 Å². The van der Waals surface area contributed by atoms with E-state index in [0.717, 1.165) is 0 Å². The molecule has 0 aromatic rings. The van der Waals surface area contributed by atoms with Gasteiger partial charge in [-0.2, -0.15) is 13.2 Å². The zero-order chi connectivity index (χ0) is 11.6. The molecule has 0 aliphatic carbocycles. The second-order valence-corrected chi connectivity index (χ2v) is 4.04. The highest BCUT2D eigenvalue weighted by molar-refractivity contribution is 5.77. The molecule has 3 nitrogen and oxygen atoms in total. The molecule has 1 saturated heterocycles. The van der Waals surface area contributed by atoms with Gasteiger partial charge >= 0.3 is 6.18 Å². The standard InChI is InChI=1S/C9H15F3N2O/c1-6(13)7-2-3-14(5-7)8(15)4-9(10,11)12/h6-7H,2-5,13H2,1H3. The minimum Gasteiger partial charge on any atom is -0.342 e. The lowest BCUT2D eigenvalue weighted by molar-refractivity contribution is -0.160. The number of rotatable bonds is 2. The van der Waals surface area contributed by atoms with E-state index in [1.54, 1.807) is 0 Å². The molecule has 2 unspecified atom stereocenters. The summed E-state index contributed by atoms with van der Waals surface area (Å²) in [5.74, 6) is -0.715. The quantitative estimate of drug-likeness (QED) is 0.764. The van der Waals surface area contributed by atoms with Crippen LogP contribution in [-0.4, -0.2) is 36.1 Å². The van der Waals surface area contributed by atoms with Crippen molar-refractivity contribution in [1.29, 1.82) is 0 Å². The van der Waals surface area contributed by atoms with Crippen LogP contribution in [0.25, 0.3) is 0 Å². The Bertz CT molecular complexity index is 240. The van der Waals surface area contributed by atoms with E-state index in [1.165, 1.54) is 4.90 Å². The van der Waals surface area contributed by atoms with Crippen molar-refractivity contribution in [2.45, 2.75) is 32.0 Å². The van der Waals surface area contributed by atoms with Gasteiger partial charge in [0, 0.05) is 19.1 Å². The summed E-state index contributed by atoms with van der Waals surface area (Å²) >= 11 is 0. The molecule has 1 aliphatic heterocycles. The van der Waals surface area contributed by atoms with E-state index in [2.05, 4.69) is 0 Å². The second kappa shape index (κ2) is 4.38. The third-order valence-electron chi connectivity index (χ3n) is 2.67. The molecule has 0 saturated carbocycles. The van der Waals surface area contributed by atoms with Crippen LogP contribution in [0.3, 0.4) is 0 Å². The second-order valence-electron chi connectivity index (χ2n) is 4.04. The van der Waals surface area contributed by atoms with Crippen molar-refractivity contribution in [2.24, 2.45) is 11.7 Å². The Balaban J connectivity index is 2.44. The van der Waals surface area contributed by atoms with Gasteiger partial charge in [-0.3, -0.25) is 4.79 Å². The lowest BCUT2D eigenvalue weighted by atomic mass is 10.0. The van der Waals surface area contributed by atoms with Crippen molar-refractivity contribution in [3.63, 3.8) is 0 Å². The van der Waals surface area contributed by atoms with Crippen molar-refractivity contribution < 1.29 is 18.0 Å². The topological polar surface area (TPSA) is 46.3 Å². The van der Waals surface area contributed by atoms with Gasteiger partial charge in [-0.05, 0) is 19.3 Å². The first-order chi connectivity index (χ1) is 6.79. The normalized spacial score (nSPS) is 24.3. The summed E-state index contributed by atoms with van der Waals surface area (Å²) in [5, 5.41) is 0. The molecule has 88 valence electrons.